The van der Waals surface area contributed by atoms with Crippen molar-refractivity contribution in [2.24, 2.45) is 0 Å². The zero-order chi connectivity index (χ0) is 21.9. The van der Waals surface area contributed by atoms with E-state index in [2.05, 4.69) is 26.7 Å². The number of anilines is 3. The predicted octanol–water partition coefficient (Wildman–Crippen LogP) is 4.57. The number of benzene rings is 2. The van der Waals surface area contributed by atoms with Crippen molar-refractivity contribution in [2.45, 2.75) is 26.1 Å². The smallest absolute Gasteiger partial charge is 0.399 e. The molecule has 1 radical (unpaired) electrons. The quantitative estimate of drug-likeness (QED) is 0.385. The zero-order valence-corrected chi connectivity index (χ0v) is 16.9. The summed E-state index contributed by atoms with van der Waals surface area (Å²) in [6, 6.07) is 9.78. The van der Waals surface area contributed by atoms with Gasteiger partial charge >= 0.3 is 6.18 Å². The standard InChI is InChI=1S/C21H23F3N5O/c1-12(14-8-15(21(22,23)24)10-16(25)9-14)27-20-18-11-17(26-6-7-30-3)4-5-19(18)28-13(2)29-20/h5,8-12,26H,6-7,25H2,1-3H3,(H,27,28,29)/t12-/m1/s1. The van der Waals surface area contributed by atoms with Gasteiger partial charge in [0.05, 0.1) is 23.7 Å². The van der Waals surface area contributed by atoms with Crippen LogP contribution < -0.4 is 16.4 Å². The van der Waals surface area contributed by atoms with Gasteiger partial charge in [0.25, 0.3) is 0 Å². The number of alkyl halides is 3. The topological polar surface area (TPSA) is 85.1 Å². The number of nitrogens with one attached hydrogen (secondary N) is 2. The van der Waals surface area contributed by atoms with E-state index in [1.54, 1.807) is 27.0 Å². The number of aryl methyl sites for hydroxylation is 1. The first-order valence-electron chi connectivity index (χ1n) is 9.34. The van der Waals surface area contributed by atoms with E-state index in [0.717, 1.165) is 23.2 Å². The van der Waals surface area contributed by atoms with Crippen LogP contribution in [-0.4, -0.2) is 30.2 Å². The molecule has 1 atom stereocenters. The van der Waals surface area contributed by atoms with Gasteiger partial charge in [-0.2, -0.15) is 13.2 Å². The van der Waals surface area contributed by atoms with Crippen molar-refractivity contribution in [3.05, 3.63) is 53.3 Å². The van der Waals surface area contributed by atoms with E-state index in [4.69, 9.17) is 10.5 Å². The van der Waals surface area contributed by atoms with Gasteiger partial charge in [0, 0.05) is 36.5 Å². The van der Waals surface area contributed by atoms with Crippen molar-refractivity contribution in [2.75, 3.05) is 36.6 Å². The molecule has 2 aromatic carbocycles. The summed E-state index contributed by atoms with van der Waals surface area (Å²) in [5, 5.41) is 7.12. The Hall–Kier alpha value is -3.07. The molecule has 0 aliphatic rings. The molecule has 6 nitrogen and oxygen atoms in total. The lowest BCUT2D eigenvalue weighted by Gasteiger charge is -2.19. The Morgan fingerprint density at radius 1 is 1.20 bits per heavy atom. The highest BCUT2D eigenvalue weighted by Crippen LogP contribution is 2.34. The van der Waals surface area contributed by atoms with E-state index in [-0.39, 0.29) is 5.69 Å². The number of methoxy groups -OCH3 is 1. The van der Waals surface area contributed by atoms with E-state index >= 15 is 0 Å². The highest BCUT2D eigenvalue weighted by Gasteiger charge is 2.31. The molecule has 3 rings (SSSR count). The summed E-state index contributed by atoms with van der Waals surface area (Å²) in [5.74, 6) is 1.05. The Morgan fingerprint density at radius 2 is 1.97 bits per heavy atom. The van der Waals surface area contributed by atoms with Crippen molar-refractivity contribution >= 4 is 28.1 Å². The molecule has 0 saturated heterocycles. The second-order valence-electron chi connectivity index (χ2n) is 6.94. The van der Waals surface area contributed by atoms with Gasteiger partial charge < -0.3 is 21.1 Å². The minimum atomic E-state index is -4.47. The van der Waals surface area contributed by atoms with Crippen LogP contribution in [0.15, 0.2) is 30.3 Å². The molecule has 0 fully saturated rings. The Balaban J connectivity index is 1.94. The van der Waals surface area contributed by atoms with E-state index in [0.29, 0.717) is 35.9 Å². The molecular weight excluding hydrogens is 395 g/mol. The van der Waals surface area contributed by atoms with Crippen molar-refractivity contribution in [3.63, 3.8) is 0 Å². The number of aromatic nitrogens is 2. The molecular formula is C21H23F3N5O. The first kappa shape index (κ1) is 21.6. The van der Waals surface area contributed by atoms with Crippen LogP contribution >= 0.6 is 0 Å². The molecule has 0 unspecified atom stereocenters. The van der Waals surface area contributed by atoms with Gasteiger partial charge in [-0.15, -0.1) is 0 Å². The van der Waals surface area contributed by atoms with Crippen LogP contribution in [0.1, 0.15) is 29.9 Å². The molecule has 3 aromatic rings. The summed E-state index contributed by atoms with van der Waals surface area (Å²) in [6.45, 7) is 4.65. The number of rotatable bonds is 7. The Kier molecular flexibility index (Phi) is 6.31. The van der Waals surface area contributed by atoms with Gasteiger partial charge in [0.1, 0.15) is 11.6 Å². The molecule has 0 spiro atoms. The third kappa shape index (κ3) is 5.10. The third-order valence-electron chi connectivity index (χ3n) is 4.52. The van der Waals surface area contributed by atoms with Crippen molar-refractivity contribution in [1.82, 2.24) is 9.97 Å². The normalized spacial score (nSPS) is 12.7. The number of hydrogen-bond donors (Lipinski definition) is 3. The summed E-state index contributed by atoms with van der Waals surface area (Å²) in [7, 11) is 1.62. The minimum absolute atomic E-state index is 0.0523. The predicted molar refractivity (Wildman–Crippen MR) is 111 cm³/mol. The fourth-order valence-electron chi connectivity index (χ4n) is 3.07. The van der Waals surface area contributed by atoms with Crippen molar-refractivity contribution < 1.29 is 17.9 Å². The third-order valence-corrected chi connectivity index (χ3v) is 4.52. The Morgan fingerprint density at radius 3 is 2.67 bits per heavy atom. The van der Waals surface area contributed by atoms with Gasteiger partial charge in [-0.05, 0) is 49.7 Å². The average Bonchev–Trinajstić information content (AvgIpc) is 2.67. The number of nitrogens with zero attached hydrogens (tertiary/aromatic N) is 2. The summed E-state index contributed by atoms with van der Waals surface area (Å²) in [5.41, 5.74) is 6.80. The van der Waals surface area contributed by atoms with Gasteiger partial charge in [-0.1, -0.05) is 0 Å². The number of halogens is 3. The first-order chi connectivity index (χ1) is 14.2. The molecule has 1 heterocycles. The number of ether oxygens (including phenoxy) is 1. The van der Waals surface area contributed by atoms with Gasteiger partial charge in [-0.3, -0.25) is 0 Å². The molecule has 4 N–H and O–H groups in total. The molecule has 0 aliphatic heterocycles. The number of nitrogens with two attached hydrogens (primary N) is 1. The Labute approximate surface area is 172 Å². The second-order valence-corrected chi connectivity index (χ2v) is 6.94. The Bertz CT molecular complexity index is 1040. The van der Waals surface area contributed by atoms with Gasteiger partial charge in [0.15, 0.2) is 0 Å². The number of hydrogen-bond acceptors (Lipinski definition) is 6. The SMILES string of the molecule is COCCNc1[c]cc2nc(C)nc(N[C@H](C)c3cc(N)cc(C(F)(F)F)c3)c2c1. The summed E-state index contributed by atoms with van der Waals surface area (Å²) < 4.78 is 44.5. The lowest BCUT2D eigenvalue weighted by atomic mass is 10.0. The number of nitrogen functional groups attached to an aromatic ring is 1. The van der Waals surface area contributed by atoms with Gasteiger partial charge in [0.2, 0.25) is 0 Å². The molecule has 0 saturated carbocycles. The molecule has 0 bridgehead atoms. The maximum absolute atomic E-state index is 13.2. The first-order valence-corrected chi connectivity index (χ1v) is 9.34. The molecule has 0 aliphatic carbocycles. The maximum Gasteiger partial charge on any atom is 0.416 e. The van der Waals surface area contributed by atoms with Crippen LogP contribution in [0.3, 0.4) is 0 Å². The van der Waals surface area contributed by atoms with E-state index in [9.17, 15) is 13.2 Å². The van der Waals surface area contributed by atoms with E-state index < -0.39 is 17.8 Å². The van der Waals surface area contributed by atoms with Crippen molar-refractivity contribution in [1.29, 1.82) is 0 Å². The van der Waals surface area contributed by atoms with Crippen LogP contribution in [-0.2, 0) is 10.9 Å². The lowest BCUT2D eigenvalue weighted by Crippen LogP contribution is -2.13. The summed E-state index contributed by atoms with van der Waals surface area (Å²) >= 11 is 0. The molecule has 9 heteroatoms. The molecule has 159 valence electrons. The summed E-state index contributed by atoms with van der Waals surface area (Å²) in [4.78, 5) is 8.87. The minimum Gasteiger partial charge on any atom is -0.399 e. The van der Waals surface area contributed by atoms with Crippen LogP contribution in [0.4, 0.5) is 30.4 Å². The fourth-order valence-corrected chi connectivity index (χ4v) is 3.07. The van der Waals surface area contributed by atoms with Gasteiger partial charge in [-0.25, -0.2) is 9.97 Å². The highest BCUT2D eigenvalue weighted by atomic mass is 19.4. The summed E-state index contributed by atoms with van der Waals surface area (Å²) in [6.07, 6.45) is -4.47. The van der Waals surface area contributed by atoms with Crippen LogP contribution in [0, 0.1) is 13.0 Å². The van der Waals surface area contributed by atoms with Crippen molar-refractivity contribution in [3.8, 4) is 0 Å². The average molecular weight is 418 g/mol. The number of fused-ring (bicyclic) bond motifs is 1. The largest absolute Gasteiger partial charge is 0.416 e. The zero-order valence-electron chi connectivity index (χ0n) is 16.9. The lowest BCUT2D eigenvalue weighted by molar-refractivity contribution is -0.137. The van der Waals surface area contributed by atoms with Crippen LogP contribution in [0.5, 0.6) is 0 Å². The molecule has 30 heavy (non-hydrogen) atoms. The molecule has 1 aromatic heterocycles. The van der Waals surface area contributed by atoms with E-state index in [1.165, 1.54) is 6.07 Å². The fraction of sp³-hybridized carbons (Fsp3) is 0.333. The van der Waals surface area contributed by atoms with Crippen LogP contribution in [0.25, 0.3) is 10.9 Å². The maximum atomic E-state index is 13.2. The highest BCUT2D eigenvalue weighted by molar-refractivity contribution is 5.91. The van der Waals surface area contributed by atoms with Crippen LogP contribution in [0.2, 0.25) is 0 Å². The molecule has 0 amide bonds. The second kappa shape index (κ2) is 8.74. The monoisotopic (exact) mass is 418 g/mol. The van der Waals surface area contributed by atoms with E-state index in [1.807, 2.05) is 6.07 Å².